The van der Waals surface area contributed by atoms with Gasteiger partial charge < -0.3 is 14.8 Å². The zero-order valence-corrected chi connectivity index (χ0v) is 12.2. The Morgan fingerprint density at radius 2 is 1.89 bits per heavy atom. The van der Waals surface area contributed by atoms with Gasteiger partial charge in [-0.2, -0.15) is 0 Å². The predicted octanol–water partition coefficient (Wildman–Crippen LogP) is 3.23. The summed E-state index contributed by atoms with van der Waals surface area (Å²) >= 11 is 0. The fourth-order valence-electron chi connectivity index (χ4n) is 1.59. The third kappa shape index (κ3) is 4.24. The Labute approximate surface area is 115 Å². The quantitative estimate of drug-likeness (QED) is 0.823. The molecule has 0 aliphatic carbocycles. The van der Waals surface area contributed by atoms with Crippen LogP contribution in [0.25, 0.3) is 0 Å². The highest BCUT2D eigenvalue weighted by atomic mass is 16.5. The van der Waals surface area contributed by atoms with Crippen LogP contribution in [0, 0.1) is 0 Å². The molecular weight excluding hydrogens is 242 g/mol. The molecule has 4 heteroatoms. The standard InChI is InChI=1S/C15H23NO3/c1-5-11-19-15(3,6-2)14(17)16-12-7-9-13(18-4)10-8-12/h7-10H,5-6,11H2,1-4H3,(H,16,17). The number of anilines is 1. The Bertz CT molecular complexity index is 402. The summed E-state index contributed by atoms with van der Waals surface area (Å²) in [4.78, 5) is 12.3. The Morgan fingerprint density at radius 3 is 2.37 bits per heavy atom. The lowest BCUT2D eigenvalue weighted by atomic mass is 10.0. The van der Waals surface area contributed by atoms with Gasteiger partial charge in [-0.25, -0.2) is 0 Å². The van der Waals surface area contributed by atoms with Gasteiger partial charge in [0.15, 0.2) is 0 Å². The predicted molar refractivity (Wildman–Crippen MR) is 76.6 cm³/mol. The van der Waals surface area contributed by atoms with E-state index in [2.05, 4.69) is 5.32 Å². The summed E-state index contributed by atoms with van der Waals surface area (Å²) in [6.07, 6.45) is 1.53. The van der Waals surface area contributed by atoms with Crippen LogP contribution in [-0.4, -0.2) is 25.2 Å². The van der Waals surface area contributed by atoms with Gasteiger partial charge in [-0.1, -0.05) is 13.8 Å². The molecule has 1 unspecified atom stereocenters. The van der Waals surface area contributed by atoms with Gasteiger partial charge >= 0.3 is 0 Å². The number of benzene rings is 1. The molecule has 1 atom stereocenters. The smallest absolute Gasteiger partial charge is 0.256 e. The highest BCUT2D eigenvalue weighted by molar-refractivity contribution is 5.97. The normalized spacial score (nSPS) is 13.7. The molecule has 0 aliphatic rings. The van der Waals surface area contributed by atoms with Gasteiger partial charge in [0.1, 0.15) is 11.4 Å². The molecule has 106 valence electrons. The fraction of sp³-hybridized carbons (Fsp3) is 0.533. The molecule has 0 spiro atoms. The number of ether oxygens (including phenoxy) is 2. The van der Waals surface area contributed by atoms with Gasteiger partial charge in [0, 0.05) is 12.3 Å². The SMILES string of the molecule is CCCOC(C)(CC)C(=O)Nc1ccc(OC)cc1. The summed E-state index contributed by atoms with van der Waals surface area (Å²) in [5.74, 6) is 0.645. The lowest BCUT2D eigenvalue weighted by Gasteiger charge is -2.27. The van der Waals surface area contributed by atoms with Crippen LogP contribution < -0.4 is 10.1 Å². The third-order valence-corrected chi connectivity index (χ3v) is 3.13. The van der Waals surface area contributed by atoms with E-state index in [1.54, 1.807) is 7.11 Å². The van der Waals surface area contributed by atoms with E-state index in [9.17, 15) is 4.79 Å². The van der Waals surface area contributed by atoms with E-state index in [1.807, 2.05) is 45.0 Å². The molecule has 19 heavy (non-hydrogen) atoms. The van der Waals surface area contributed by atoms with E-state index in [1.165, 1.54) is 0 Å². The number of rotatable bonds is 7. The van der Waals surface area contributed by atoms with Crippen molar-refractivity contribution in [2.75, 3.05) is 19.0 Å². The molecule has 1 rings (SSSR count). The molecule has 0 saturated carbocycles. The second-order valence-electron chi connectivity index (χ2n) is 4.62. The summed E-state index contributed by atoms with van der Waals surface area (Å²) in [7, 11) is 1.61. The second-order valence-corrected chi connectivity index (χ2v) is 4.62. The lowest BCUT2D eigenvalue weighted by Crippen LogP contribution is -2.42. The zero-order valence-electron chi connectivity index (χ0n) is 12.2. The molecule has 0 aromatic heterocycles. The second kappa shape index (κ2) is 7.14. The first kappa shape index (κ1) is 15.5. The van der Waals surface area contributed by atoms with Crippen molar-refractivity contribution in [3.05, 3.63) is 24.3 Å². The van der Waals surface area contributed by atoms with Crippen LogP contribution in [0.3, 0.4) is 0 Å². The van der Waals surface area contributed by atoms with E-state index in [4.69, 9.17) is 9.47 Å². The molecule has 1 amide bonds. The molecule has 0 aliphatic heterocycles. The van der Waals surface area contributed by atoms with Gasteiger partial charge in [0.25, 0.3) is 5.91 Å². The maximum Gasteiger partial charge on any atom is 0.256 e. The number of methoxy groups -OCH3 is 1. The number of hydrogen-bond donors (Lipinski definition) is 1. The van der Waals surface area contributed by atoms with Gasteiger partial charge in [0.05, 0.1) is 7.11 Å². The summed E-state index contributed by atoms with van der Waals surface area (Å²) in [5, 5.41) is 2.87. The summed E-state index contributed by atoms with van der Waals surface area (Å²) in [6, 6.07) is 7.25. The van der Waals surface area contributed by atoms with Crippen molar-refractivity contribution in [3.63, 3.8) is 0 Å². The Balaban J connectivity index is 2.70. The number of carbonyl (C=O) groups is 1. The minimum absolute atomic E-state index is 0.117. The first-order valence-electron chi connectivity index (χ1n) is 6.65. The molecule has 4 nitrogen and oxygen atoms in total. The molecule has 0 fully saturated rings. The lowest BCUT2D eigenvalue weighted by molar-refractivity contribution is -0.139. The van der Waals surface area contributed by atoms with Crippen molar-refractivity contribution < 1.29 is 14.3 Å². The van der Waals surface area contributed by atoms with Gasteiger partial charge in [0.2, 0.25) is 0 Å². The van der Waals surface area contributed by atoms with E-state index in [-0.39, 0.29) is 5.91 Å². The van der Waals surface area contributed by atoms with Crippen molar-refractivity contribution in [3.8, 4) is 5.75 Å². The van der Waals surface area contributed by atoms with Crippen LogP contribution >= 0.6 is 0 Å². The highest BCUT2D eigenvalue weighted by Gasteiger charge is 2.32. The highest BCUT2D eigenvalue weighted by Crippen LogP contribution is 2.20. The molecule has 1 aromatic rings. The van der Waals surface area contributed by atoms with E-state index in [0.717, 1.165) is 17.9 Å². The van der Waals surface area contributed by atoms with E-state index < -0.39 is 5.60 Å². The average Bonchev–Trinajstić information content (AvgIpc) is 2.45. The number of carbonyl (C=O) groups excluding carboxylic acids is 1. The van der Waals surface area contributed by atoms with Gasteiger partial charge in [-0.05, 0) is 44.0 Å². The van der Waals surface area contributed by atoms with Crippen LogP contribution in [-0.2, 0) is 9.53 Å². The maximum absolute atomic E-state index is 12.3. The molecule has 0 bridgehead atoms. The van der Waals surface area contributed by atoms with Gasteiger partial charge in [-0.3, -0.25) is 4.79 Å². The first-order chi connectivity index (χ1) is 9.05. The Hall–Kier alpha value is -1.55. The first-order valence-corrected chi connectivity index (χ1v) is 6.65. The number of hydrogen-bond acceptors (Lipinski definition) is 3. The van der Waals surface area contributed by atoms with Crippen molar-refractivity contribution in [1.82, 2.24) is 0 Å². The van der Waals surface area contributed by atoms with Crippen molar-refractivity contribution in [2.24, 2.45) is 0 Å². The molecule has 0 heterocycles. The van der Waals surface area contributed by atoms with Crippen molar-refractivity contribution >= 4 is 11.6 Å². The maximum atomic E-state index is 12.3. The van der Waals surface area contributed by atoms with Crippen molar-refractivity contribution in [1.29, 1.82) is 0 Å². The minimum atomic E-state index is -0.782. The molecular formula is C15H23NO3. The average molecular weight is 265 g/mol. The monoisotopic (exact) mass is 265 g/mol. The topological polar surface area (TPSA) is 47.6 Å². The summed E-state index contributed by atoms with van der Waals surface area (Å²) in [5.41, 5.74) is -0.0405. The van der Waals surface area contributed by atoms with Crippen LogP contribution in [0.15, 0.2) is 24.3 Å². The van der Waals surface area contributed by atoms with Crippen LogP contribution in [0.2, 0.25) is 0 Å². The van der Waals surface area contributed by atoms with Crippen molar-refractivity contribution in [2.45, 2.75) is 39.2 Å². The zero-order chi connectivity index (χ0) is 14.3. The molecule has 0 saturated heterocycles. The van der Waals surface area contributed by atoms with Crippen LogP contribution in [0.1, 0.15) is 33.6 Å². The largest absolute Gasteiger partial charge is 0.497 e. The molecule has 1 N–H and O–H groups in total. The van der Waals surface area contributed by atoms with Crippen LogP contribution in [0.4, 0.5) is 5.69 Å². The minimum Gasteiger partial charge on any atom is -0.497 e. The fourth-order valence-corrected chi connectivity index (χ4v) is 1.59. The molecule has 1 aromatic carbocycles. The van der Waals surface area contributed by atoms with E-state index in [0.29, 0.717) is 13.0 Å². The number of amides is 1. The number of nitrogens with one attached hydrogen (secondary N) is 1. The van der Waals surface area contributed by atoms with Gasteiger partial charge in [-0.15, -0.1) is 0 Å². The summed E-state index contributed by atoms with van der Waals surface area (Å²) < 4.78 is 10.7. The summed E-state index contributed by atoms with van der Waals surface area (Å²) in [6.45, 7) is 6.38. The Morgan fingerprint density at radius 1 is 1.26 bits per heavy atom. The third-order valence-electron chi connectivity index (χ3n) is 3.13. The molecule has 0 radical (unpaired) electrons. The van der Waals surface area contributed by atoms with Crippen LogP contribution in [0.5, 0.6) is 5.75 Å². The Kier molecular flexibility index (Phi) is 5.83. The van der Waals surface area contributed by atoms with E-state index >= 15 is 0 Å².